The van der Waals surface area contributed by atoms with E-state index in [0.717, 1.165) is 22.9 Å². The van der Waals surface area contributed by atoms with Crippen molar-refractivity contribution in [2.45, 2.75) is 6.36 Å². The Bertz CT molecular complexity index is 1430. The number of rotatable bonds is 4. The molecule has 0 unspecified atom stereocenters. The van der Waals surface area contributed by atoms with E-state index < -0.39 is 23.5 Å². The van der Waals surface area contributed by atoms with Crippen LogP contribution < -0.4 is 21.2 Å². The van der Waals surface area contributed by atoms with Crippen molar-refractivity contribution in [1.29, 1.82) is 0 Å². The van der Waals surface area contributed by atoms with Crippen LogP contribution in [0.15, 0.2) is 70.4 Å². The minimum atomic E-state index is -4.87. The molecule has 4 aromatic rings. The van der Waals surface area contributed by atoms with E-state index in [1.54, 1.807) is 19.3 Å². The van der Waals surface area contributed by atoms with Gasteiger partial charge in [0.2, 0.25) is 0 Å². The second kappa shape index (κ2) is 7.84. The van der Waals surface area contributed by atoms with E-state index in [1.807, 2.05) is 0 Å². The van der Waals surface area contributed by atoms with Crippen molar-refractivity contribution in [1.82, 2.24) is 14.3 Å². The highest BCUT2D eigenvalue weighted by Gasteiger charge is 2.31. The maximum absolute atomic E-state index is 14.6. The summed E-state index contributed by atoms with van der Waals surface area (Å²) < 4.78 is 57.8. The number of pyridine rings is 1. The summed E-state index contributed by atoms with van der Waals surface area (Å²) in [6.45, 7) is 0. The first-order valence-electron chi connectivity index (χ1n) is 9.14. The van der Waals surface area contributed by atoms with Crippen molar-refractivity contribution in [3.05, 3.63) is 87.3 Å². The Morgan fingerprint density at radius 3 is 2.38 bits per heavy atom. The Kier molecular flexibility index (Phi) is 5.17. The molecule has 1 N–H and O–H groups in total. The smallest absolute Gasteiger partial charge is 0.406 e. The van der Waals surface area contributed by atoms with Crippen LogP contribution in [0.5, 0.6) is 5.75 Å². The minimum Gasteiger partial charge on any atom is -0.406 e. The van der Waals surface area contributed by atoms with Gasteiger partial charge >= 0.3 is 6.36 Å². The molecule has 0 saturated carbocycles. The van der Waals surface area contributed by atoms with Crippen LogP contribution in [0.2, 0.25) is 0 Å². The van der Waals surface area contributed by atoms with Gasteiger partial charge in [-0.1, -0.05) is 12.1 Å². The number of hydrogen-bond donors (Lipinski definition) is 1. The molecule has 0 bridgehead atoms. The summed E-state index contributed by atoms with van der Waals surface area (Å²) in [7, 11) is 1.55. The number of aromatic nitrogens is 3. The highest BCUT2D eigenvalue weighted by Crippen LogP contribution is 2.26. The van der Waals surface area contributed by atoms with E-state index in [2.05, 4.69) is 15.2 Å². The third-order valence-corrected chi connectivity index (χ3v) is 4.57. The number of ether oxygens (including phenoxy) is 1. The summed E-state index contributed by atoms with van der Waals surface area (Å²) in [6.07, 6.45) is -3.33. The number of hydrogen-bond acceptors (Lipinski definition) is 5. The van der Waals surface area contributed by atoms with E-state index in [1.165, 1.54) is 34.9 Å². The third-order valence-electron chi connectivity index (χ3n) is 4.57. The maximum Gasteiger partial charge on any atom is 0.573 e. The topological polar surface area (TPSA) is 78.2 Å². The quantitative estimate of drug-likeness (QED) is 0.482. The second-order valence-corrected chi connectivity index (χ2v) is 6.73. The summed E-state index contributed by atoms with van der Waals surface area (Å²) in [6, 6.07) is 11.4. The lowest BCUT2D eigenvalue weighted by Gasteiger charge is -2.14. The van der Waals surface area contributed by atoms with Gasteiger partial charge in [-0.15, -0.1) is 18.3 Å². The van der Waals surface area contributed by atoms with Gasteiger partial charge in [0.1, 0.15) is 17.3 Å². The highest BCUT2D eigenvalue weighted by atomic mass is 19.4. The molecule has 164 valence electrons. The SMILES string of the molecule is Cn1cccc(Nc2nn(-c3ccc(OC(F)(F)F)cc3)c(=O)c3c(F)cccc23)c1=O. The Labute approximate surface area is 177 Å². The number of nitrogens with zero attached hydrogens (tertiary/aromatic N) is 3. The summed E-state index contributed by atoms with van der Waals surface area (Å²) in [5, 5.41) is 6.85. The molecular formula is C21H14F4N4O3. The first kappa shape index (κ1) is 21.1. The molecule has 0 saturated heterocycles. The average molecular weight is 446 g/mol. The molecule has 2 heterocycles. The molecule has 0 spiro atoms. The van der Waals surface area contributed by atoms with Gasteiger partial charge in [-0.25, -0.2) is 4.39 Å². The van der Waals surface area contributed by atoms with E-state index in [9.17, 15) is 27.2 Å². The van der Waals surface area contributed by atoms with Gasteiger partial charge in [-0.05, 0) is 42.5 Å². The molecule has 4 rings (SSSR count). The summed E-state index contributed by atoms with van der Waals surface area (Å²) in [5.41, 5.74) is -1.01. The summed E-state index contributed by atoms with van der Waals surface area (Å²) in [5.74, 6) is -1.30. The molecular weight excluding hydrogens is 432 g/mol. The van der Waals surface area contributed by atoms with Crippen LogP contribution >= 0.6 is 0 Å². The zero-order chi connectivity index (χ0) is 23.0. The molecule has 7 nitrogen and oxygen atoms in total. The molecule has 0 atom stereocenters. The number of nitrogens with one attached hydrogen (secondary N) is 1. The van der Waals surface area contributed by atoms with E-state index >= 15 is 0 Å². The van der Waals surface area contributed by atoms with Crippen LogP contribution in [0.25, 0.3) is 16.5 Å². The van der Waals surface area contributed by atoms with Gasteiger partial charge in [0.05, 0.1) is 11.1 Å². The number of anilines is 2. The van der Waals surface area contributed by atoms with Gasteiger partial charge in [0.25, 0.3) is 11.1 Å². The van der Waals surface area contributed by atoms with Crippen molar-refractivity contribution in [3.8, 4) is 11.4 Å². The van der Waals surface area contributed by atoms with Crippen molar-refractivity contribution in [2.75, 3.05) is 5.32 Å². The predicted octanol–water partition coefficient (Wildman–Crippen LogP) is 3.87. The molecule has 0 aliphatic heterocycles. The number of halogens is 4. The fourth-order valence-corrected chi connectivity index (χ4v) is 3.12. The van der Waals surface area contributed by atoms with Crippen LogP contribution in [0.3, 0.4) is 0 Å². The van der Waals surface area contributed by atoms with Crippen LogP contribution in [0.1, 0.15) is 0 Å². The molecule has 0 aliphatic rings. The lowest BCUT2D eigenvalue weighted by Crippen LogP contribution is -2.25. The van der Waals surface area contributed by atoms with E-state index in [0.29, 0.717) is 0 Å². The van der Waals surface area contributed by atoms with E-state index in [-0.39, 0.29) is 33.5 Å². The maximum atomic E-state index is 14.6. The van der Waals surface area contributed by atoms with Crippen molar-refractivity contribution in [3.63, 3.8) is 0 Å². The fourth-order valence-electron chi connectivity index (χ4n) is 3.12. The fraction of sp³-hybridized carbons (Fsp3) is 0.0952. The number of aryl methyl sites for hydroxylation is 1. The van der Waals surface area contributed by atoms with Gasteiger partial charge in [-0.2, -0.15) is 4.68 Å². The lowest BCUT2D eigenvalue weighted by molar-refractivity contribution is -0.274. The van der Waals surface area contributed by atoms with E-state index in [4.69, 9.17) is 0 Å². The van der Waals surface area contributed by atoms with Crippen LogP contribution in [-0.4, -0.2) is 20.7 Å². The Balaban J connectivity index is 1.88. The molecule has 2 aromatic carbocycles. The Morgan fingerprint density at radius 1 is 0.969 bits per heavy atom. The standard InChI is InChI=1S/C21H14F4N4O3/c1-28-11-3-6-16(19(28)30)26-18-14-4-2-5-15(22)17(14)20(31)29(27-18)12-7-9-13(10-8-12)32-21(23,24)25/h2-11H,1H3,(H,26,27). The zero-order valence-corrected chi connectivity index (χ0v) is 16.4. The third kappa shape index (κ3) is 4.04. The molecule has 0 fully saturated rings. The summed E-state index contributed by atoms with van der Waals surface area (Å²) >= 11 is 0. The second-order valence-electron chi connectivity index (χ2n) is 6.73. The first-order valence-corrected chi connectivity index (χ1v) is 9.14. The Hall–Kier alpha value is -4.15. The van der Waals surface area contributed by atoms with Gasteiger partial charge in [0.15, 0.2) is 5.82 Å². The minimum absolute atomic E-state index is 0.0121. The monoisotopic (exact) mass is 446 g/mol. The van der Waals surface area contributed by atoms with Crippen molar-refractivity contribution in [2.24, 2.45) is 7.05 Å². The average Bonchev–Trinajstić information content (AvgIpc) is 2.73. The lowest BCUT2D eigenvalue weighted by atomic mass is 10.1. The summed E-state index contributed by atoms with van der Waals surface area (Å²) in [4.78, 5) is 25.3. The molecule has 2 aromatic heterocycles. The van der Waals surface area contributed by atoms with Crippen LogP contribution in [-0.2, 0) is 7.05 Å². The normalized spacial score (nSPS) is 11.5. The number of benzene rings is 2. The van der Waals surface area contributed by atoms with Crippen molar-refractivity contribution < 1.29 is 22.3 Å². The first-order chi connectivity index (χ1) is 15.1. The predicted molar refractivity (Wildman–Crippen MR) is 109 cm³/mol. The largest absolute Gasteiger partial charge is 0.573 e. The molecule has 0 radical (unpaired) electrons. The molecule has 11 heteroatoms. The zero-order valence-electron chi connectivity index (χ0n) is 16.4. The van der Waals surface area contributed by atoms with Gasteiger partial charge in [-0.3, -0.25) is 9.59 Å². The number of alkyl halides is 3. The molecule has 0 amide bonds. The Morgan fingerprint density at radius 2 is 1.69 bits per heavy atom. The highest BCUT2D eigenvalue weighted by molar-refractivity contribution is 5.93. The van der Waals surface area contributed by atoms with Crippen LogP contribution in [0, 0.1) is 5.82 Å². The van der Waals surface area contributed by atoms with Crippen LogP contribution in [0.4, 0.5) is 29.1 Å². The molecule has 0 aliphatic carbocycles. The number of fused-ring (bicyclic) bond motifs is 1. The van der Waals surface area contributed by atoms with Gasteiger partial charge < -0.3 is 14.6 Å². The van der Waals surface area contributed by atoms with Crippen molar-refractivity contribution >= 4 is 22.3 Å². The molecule has 32 heavy (non-hydrogen) atoms. The van der Waals surface area contributed by atoms with Gasteiger partial charge in [0, 0.05) is 18.6 Å².